The third-order valence-electron chi connectivity index (χ3n) is 3.15. The van der Waals surface area contributed by atoms with Crippen LogP contribution in [0, 0.1) is 5.82 Å². The highest BCUT2D eigenvalue weighted by Crippen LogP contribution is 2.11. The van der Waals surface area contributed by atoms with Crippen LogP contribution >= 0.6 is 0 Å². The van der Waals surface area contributed by atoms with E-state index in [4.69, 9.17) is 4.74 Å². The zero-order chi connectivity index (χ0) is 15.1. The van der Waals surface area contributed by atoms with Gasteiger partial charge in [-0.05, 0) is 41.8 Å². The largest absolute Gasteiger partial charge is 0.497 e. The van der Waals surface area contributed by atoms with Crippen molar-refractivity contribution in [2.75, 3.05) is 13.7 Å². The average Bonchev–Trinajstić information content (AvgIpc) is 2.48. The van der Waals surface area contributed by atoms with E-state index in [1.54, 1.807) is 13.2 Å². The molecule has 0 aliphatic rings. The topological polar surface area (TPSA) is 38.3 Å². The van der Waals surface area contributed by atoms with Crippen LogP contribution in [0.3, 0.4) is 0 Å². The van der Waals surface area contributed by atoms with Gasteiger partial charge in [0, 0.05) is 6.54 Å². The Morgan fingerprint density at radius 2 is 1.90 bits per heavy atom. The third-order valence-corrected chi connectivity index (χ3v) is 3.15. The maximum absolute atomic E-state index is 13.0. The number of ether oxygens (including phenoxy) is 1. The highest BCUT2D eigenvalue weighted by atomic mass is 19.1. The first-order chi connectivity index (χ1) is 10.2. The summed E-state index contributed by atoms with van der Waals surface area (Å²) in [4.78, 5) is 11.8. The lowest BCUT2D eigenvalue weighted by Crippen LogP contribution is -2.27. The minimum atomic E-state index is -0.253. The minimum absolute atomic E-state index is 0.0448. The molecule has 21 heavy (non-hydrogen) atoms. The summed E-state index contributed by atoms with van der Waals surface area (Å²) in [6.45, 7) is 0.498. The van der Waals surface area contributed by atoms with E-state index < -0.39 is 0 Å². The lowest BCUT2D eigenvalue weighted by Gasteiger charge is -2.06. The van der Waals surface area contributed by atoms with Gasteiger partial charge in [0.25, 0.3) is 0 Å². The van der Waals surface area contributed by atoms with Gasteiger partial charge in [-0.3, -0.25) is 4.79 Å². The molecule has 4 heteroatoms. The Balaban J connectivity index is 1.76. The molecule has 0 spiro atoms. The number of hydrogen-bond acceptors (Lipinski definition) is 2. The standard InChI is InChI=1S/C17H18FNO2/c1-21-16-7-5-14(6-8-16)12-17(20)19-10-9-13-3-2-4-15(18)11-13/h2-8,11H,9-10,12H2,1H3,(H,19,20). The number of carbonyl (C=O) groups excluding carboxylic acids is 1. The summed E-state index contributed by atoms with van der Waals surface area (Å²) >= 11 is 0. The Kier molecular flexibility index (Phi) is 5.32. The van der Waals surface area contributed by atoms with Crippen LogP contribution in [0.4, 0.5) is 4.39 Å². The normalized spacial score (nSPS) is 10.2. The van der Waals surface area contributed by atoms with Gasteiger partial charge in [-0.2, -0.15) is 0 Å². The van der Waals surface area contributed by atoms with Crippen LogP contribution in [0.25, 0.3) is 0 Å². The first-order valence-corrected chi connectivity index (χ1v) is 6.81. The van der Waals surface area contributed by atoms with Crippen LogP contribution in [0.15, 0.2) is 48.5 Å². The lowest BCUT2D eigenvalue weighted by molar-refractivity contribution is -0.120. The van der Waals surface area contributed by atoms with Crippen molar-refractivity contribution in [2.45, 2.75) is 12.8 Å². The van der Waals surface area contributed by atoms with Crippen LogP contribution in [-0.4, -0.2) is 19.6 Å². The molecule has 0 atom stereocenters. The van der Waals surface area contributed by atoms with Crippen molar-refractivity contribution < 1.29 is 13.9 Å². The van der Waals surface area contributed by atoms with Gasteiger partial charge < -0.3 is 10.1 Å². The van der Waals surface area contributed by atoms with Gasteiger partial charge in [-0.25, -0.2) is 4.39 Å². The van der Waals surface area contributed by atoms with Crippen LogP contribution in [0.5, 0.6) is 5.75 Å². The molecular weight excluding hydrogens is 269 g/mol. The fourth-order valence-corrected chi connectivity index (χ4v) is 2.03. The van der Waals surface area contributed by atoms with Crippen LogP contribution in [0.2, 0.25) is 0 Å². The lowest BCUT2D eigenvalue weighted by atomic mass is 10.1. The number of methoxy groups -OCH3 is 1. The molecule has 0 bridgehead atoms. The SMILES string of the molecule is COc1ccc(CC(=O)NCCc2cccc(F)c2)cc1. The van der Waals surface area contributed by atoms with E-state index in [2.05, 4.69) is 5.32 Å². The summed E-state index contributed by atoms with van der Waals surface area (Å²) in [5.41, 5.74) is 1.80. The maximum atomic E-state index is 13.0. The van der Waals surface area contributed by atoms with Gasteiger partial charge in [-0.15, -0.1) is 0 Å². The van der Waals surface area contributed by atoms with E-state index >= 15 is 0 Å². The van der Waals surface area contributed by atoms with Crippen molar-refractivity contribution >= 4 is 5.91 Å². The Morgan fingerprint density at radius 1 is 1.14 bits per heavy atom. The van der Waals surface area contributed by atoms with Gasteiger partial charge in [0.2, 0.25) is 5.91 Å². The zero-order valence-corrected chi connectivity index (χ0v) is 11.9. The predicted octanol–water partition coefficient (Wildman–Crippen LogP) is 2.74. The van der Waals surface area contributed by atoms with Gasteiger partial charge in [-0.1, -0.05) is 24.3 Å². The Labute approximate surface area is 123 Å². The van der Waals surface area contributed by atoms with Crippen molar-refractivity contribution in [3.8, 4) is 5.75 Å². The first kappa shape index (κ1) is 15.0. The number of amides is 1. The summed E-state index contributed by atoms with van der Waals surface area (Å²) in [5, 5.41) is 2.84. The van der Waals surface area contributed by atoms with Gasteiger partial charge >= 0.3 is 0 Å². The molecule has 1 N–H and O–H groups in total. The summed E-state index contributed by atoms with van der Waals surface area (Å²) in [7, 11) is 1.61. The predicted molar refractivity (Wildman–Crippen MR) is 79.8 cm³/mol. The minimum Gasteiger partial charge on any atom is -0.497 e. The smallest absolute Gasteiger partial charge is 0.224 e. The van der Waals surface area contributed by atoms with Crippen molar-refractivity contribution in [3.63, 3.8) is 0 Å². The molecule has 0 aromatic heterocycles. The van der Waals surface area contributed by atoms with E-state index in [-0.39, 0.29) is 11.7 Å². The molecule has 0 heterocycles. The monoisotopic (exact) mass is 287 g/mol. The summed E-state index contributed by atoms with van der Waals surface area (Å²) < 4.78 is 18.1. The summed E-state index contributed by atoms with van der Waals surface area (Å²) in [6.07, 6.45) is 0.944. The summed E-state index contributed by atoms with van der Waals surface area (Å²) in [6, 6.07) is 13.8. The van der Waals surface area contributed by atoms with E-state index in [0.717, 1.165) is 16.9 Å². The molecule has 2 rings (SSSR count). The molecule has 0 aliphatic heterocycles. The molecule has 3 nitrogen and oxygen atoms in total. The molecule has 0 saturated carbocycles. The number of benzene rings is 2. The maximum Gasteiger partial charge on any atom is 0.224 e. The molecular formula is C17H18FNO2. The second-order valence-corrected chi connectivity index (χ2v) is 4.75. The van der Waals surface area contributed by atoms with Crippen LogP contribution < -0.4 is 10.1 Å². The average molecular weight is 287 g/mol. The number of hydrogen-bond donors (Lipinski definition) is 1. The molecule has 0 fully saturated rings. The molecule has 0 saturated heterocycles. The number of carbonyl (C=O) groups is 1. The second-order valence-electron chi connectivity index (χ2n) is 4.75. The molecule has 110 valence electrons. The second kappa shape index (κ2) is 7.43. The third kappa shape index (κ3) is 4.91. The van der Waals surface area contributed by atoms with Gasteiger partial charge in [0.1, 0.15) is 11.6 Å². The molecule has 0 radical (unpaired) electrons. The van der Waals surface area contributed by atoms with Crippen molar-refractivity contribution in [1.82, 2.24) is 5.32 Å². The van der Waals surface area contributed by atoms with Crippen molar-refractivity contribution in [1.29, 1.82) is 0 Å². The van der Waals surface area contributed by atoms with Gasteiger partial charge in [0.05, 0.1) is 13.5 Å². The zero-order valence-electron chi connectivity index (χ0n) is 11.9. The van der Waals surface area contributed by atoms with E-state index in [0.29, 0.717) is 19.4 Å². The molecule has 2 aromatic rings. The van der Waals surface area contributed by atoms with E-state index in [1.807, 2.05) is 30.3 Å². The molecule has 0 aliphatic carbocycles. The van der Waals surface area contributed by atoms with Crippen molar-refractivity contribution in [3.05, 3.63) is 65.5 Å². The highest BCUT2D eigenvalue weighted by Gasteiger charge is 2.03. The molecule has 2 aromatic carbocycles. The Bertz CT molecular complexity index is 596. The highest BCUT2D eigenvalue weighted by molar-refractivity contribution is 5.78. The Hall–Kier alpha value is -2.36. The Morgan fingerprint density at radius 3 is 2.57 bits per heavy atom. The van der Waals surface area contributed by atoms with Gasteiger partial charge in [0.15, 0.2) is 0 Å². The fourth-order valence-electron chi connectivity index (χ4n) is 2.03. The summed E-state index contributed by atoms with van der Waals surface area (Å²) in [5.74, 6) is 0.471. The number of rotatable bonds is 6. The number of nitrogens with one attached hydrogen (secondary N) is 1. The first-order valence-electron chi connectivity index (χ1n) is 6.81. The van der Waals surface area contributed by atoms with Crippen LogP contribution in [-0.2, 0) is 17.6 Å². The van der Waals surface area contributed by atoms with E-state index in [9.17, 15) is 9.18 Å². The fraction of sp³-hybridized carbons (Fsp3) is 0.235. The van der Waals surface area contributed by atoms with Crippen molar-refractivity contribution in [2.24, 2.45) is 0 Å². The van der Waals surface area contributed by atoms with Crippen LogP contribution in [0.1, 0.15) is 11.1 Å². The number of halogens is 1. The van der Waals surface area contributed by atoms with E-state index in [1.165, 1.54) is 12.1 Å². The molecule has 0 unspecified atom stereocenters. The molecule has 1 amide bonds. The quantitative estimate of drug-likeness (QED) is 0.887.